The number of hydrogen-bond donors (Lipinski definition) is 2. The number of rotatable bonds is 3. The van der Waals surface area contributed by atoms with Crippen LogP contribution in [0.3, 0.4) is 0 Å². The van der Waals surface area contributed by atoms with Crippen LogP contribution in [0.4, 0.5) is 0 Å². The van der Waals surface area contributed by atoms with E-state index < -0.39 is 23.9 Å². The first kappa shape index (κ1) is 14.7. The number of aliphatic hydroxyl groups is 1. The predicted molar refractivity (Wildman–Crippen MR) is 74.9 cm³/mol. The van der Waals surface area contributed by atoms with Crippen molar-refractivity contribution in [1.82, 2.24) is 5.32 Å². The lowest BCUT2D eigenvalue weighted by Gasteiger charge is -2.35. The molecule has 5 nitrogen and oxygen atoms in total. The molecule has 0 saturated carbocycles. The Kier molecular flexibility index (Phi) is 3.90. The van der Waals surface area contributed by atoms with Crippen LogP contribution in [0.5, 0.6) is 11.5 Å². The zero-order chi connectivity index (χ0) is 14.9. The SMILES string of the molecule is CC1Oc2ccccc2OC1C(=O)NC(C)(C)C(C)O. The minimum Gasteiger partial charge on any atom is -0.482 e. The van der Waals surface area contributed by atoms with Crippen molar-refractivity contribution >= 4 is 5.91 Å². The second-order valence-electron chi connectivity index (χ2n) is 5.70. The number of carbonyl (C=O) groups is 1. The molecule has 0 radical (unpaired) electrons. The first-order valence-corrected chi connectivity index (χ1v) is 6.73. The summed E-state index contributed by atoms with van der Waals surface area (Å²) in [6.45, 7) is 6.95. The van der Waals surface area contributed by atoms with Crippen molar-refractivity contribution in [2.75, 3.05) is 0 Å². The Morgan fingerprint density at radius 1 is 1.30 bits per heavy atom. The lowest BCUT2D eigenvalue weighted by atomic mass is 9.98. The summed E-state index contributed by atoms with van der Waals surface area (Å²) >= 11 is 0. The lowest BCUT2D eigenvalue weighted by Crippen LogP contribution is -2.58. The molecule has 1 aromatic carbocycles. The third-order valence-corrected chi connectivity index (χ3v) is 3.59. The zero-order valence-corrected chi connectivity index (χ0v) is 12.2. The average Bonchev–Trinajstić information content (AvgIpc) is 2.37. The molecule has 0 bridgehead atoms. The van der Waals surface area contributed by atoms with Crippen LogP contribution in [0.15, 0.2) is 24.3 Å². The molecule has 1 heterocycles. The number of hydrogen-bond acceptors (Lipinski definition) is 4. The Hall–Kier alpha value is -1.75. The molecule has 2 rings (SSSR count). The van der Waals surface area contributed by atoms with Gasteiger partial charge in [-0.1, -0.05) is 12.1 Å². The fraction of sp³-hybridized carbons (Fsp3) is 0.533. The number of amides is 1. The lowest BCUT2D eigenvalue weighted by molar-refractivity contribution is -0.136. The van der Waals surface area contributed by atoms with Gasteiger partial charge >= 0.3 is 0 Å². The third kappa shape index (κ3) is 2.88. The Balaban J connectivity index is 2.12. The van der Waals surface area contributed by atoms with Gasteiger partial charge in [0.25, 0.3) is 5.91 Å². The molecule has 0 aliphatic carbocycles. The van der Waals surface area contributed by atoms with Crippen LogP contribution < -0.4 is 14.8 Å². The van der Waals surface area contributed by atoms with Gasteiger partial charge in [0.15, 0.2) is 11.5 Å². The van der Waals surface area contributed by atoms with Crippen LogP contribution in [0, 0.1) is 0 Å². The van der Waals surface area contributed by atoms with Crippen LogP contribution in [-0.2, 0) is 4.79 Å². The molecule has 20 heavy (non-hydrogen) atoms. The van der Waals surface area contributed by atoms with Crippen molar-refractivity contribution < 1.29 is 19.4 Å². The zero-order valence-electron chi connectivity index (χ0n) is 12.2. The highest BCUT2D eigenvalue weighted by atomic mass is 16.6. The summed E-state index contributed by atoms with van der Waals surface area (Å²) in [5.41, 5.74) is -0.725. The van der Waals surface area contributed by atoms with Crippen molar-refractivity contribution in [2.24, 2.45) is 0 Å². The third-order valence-electron chi connectivity index (χ3n) is 3.59. The van der Waals surface area contributed by atoms with Crippen LogP contribution in [0.1, 0.15) is 27.7 Å². The number of carbonyl (C=O) groups excluding carboxylic acids is 1. The van der Waals surface area contributed by atoms with E-state index in [0.29, 0.717) is 11.5 Å². The summed E-state index contributed by atoms with van der Waals surface area (Å²) in [4.78, 5) is 12.3. The molecule has 5 heteroatoms. The monoisotopic (exact) mass is 279 g/mol. The molecule has 2 N–H and O–H groups in total. The summed E-state index contributed by atoms with van der Waals surface area (Å²) < 4.78 is 11.4. The van der Waals surface area contributed by atoms with Gasteiger partial charge in [-0.3, -0.25) is 4.79 Å². The fourth-order valence-electron chi connectivity index (χ4n) is 1.90. The molecule has 0 fully saturated rings. The van der Waals surface area contributed by atoms with Gasteiger partial charge in [-0.05, 0) is 39.8 Å². The van der Waals surface area contributed by atoms with Crippen molar-refractivity contribution in [3.05, 3.63) is 24.3 Å². The molecule has 1 aromatic rings. The standard InChI is InChI=1S/C15H21NO4/c1-9-13(14(18)16-15(3,4)10(2)17)20-12-8-6-5-7-11(12)19-9/h5-10,13,17H,1-4H3,(H,16,18). The van der Waals surface area contributed by atoms with Gasteiger partial charge in [-0.25, -0.2) is 0 Å². The molecule has 0 saturated heterocycles. The van der Waals surface area contributed by atoms with E-state index in [1.54, 1.807) is 39.8 Å². The molecule has 0 spiro atoms. The maximum absolute atomic E-state index is 12.3. The van der Waals surface area contributed by atoms with Gasteiger partial charge in [-0.2, -0.15) is 0 Å². The quantitative estimate of drug-likeness (QED) is 0.879. The fourth-order valence-corrected chi connectivity index (χ4v) is 1.90. The first-order chi connectivity index (χ1) is 9.31. The highest BCUT2D eigenvalue weighted by Gasteiger charge is 2.37. The average molecular weight is 279 g/mol. The predicted octanol–water partition coefficient (Wildman–Crippen LogP) is 1.49. The Bertz CT molecular complexity index is 498. The maximum Gasteiger partial charge on any atom is 0.265 e. The minimum atomic E-state index is -0.733. The molecule has 0 aromatic heterocycles. The summed E-state index contributed by atoms with van der Waals surface area (Å²) in [7, 11) is 0. The molecule has 1 amide bonds. The molecule has 1 aliphatic heterocycles. The number of aliphatic hydroxyl groups excluding tert-OH is 1. The van der Waals surface area contributed by atoms with Crippen LogP contribution in [0.2, 0.25) is 0 Å². The molecule has 3 atom stereocenters. The van der Waals surface area contributed by atoms with Gasteiger partial charge < -0.3 is 19.9 Å². The van der Waals surface area contributed by atoms with Gasteiger partial charge in [0.05, 0.1) is 11.6 Å². The Morgan fingerprint density at radius 3 is 2.40 bits per heavy atom. The van der Waals surface area contributed by atoms with E-state index in [9.17, 15) is 9.90 Å². The summed E-state index contributed by atoms with van der Waals surface area (Å²) in [5, 5.41) is 12.5. The normalized spacial score (nSPS) is 23.1. The maximum atomic E-state index is 12.3. The van der Waals surface area contributed by atoms with E-state index in [2.05, 4.69) is 5.32 Å². The number of ether oxygens (including phenoxy) is 2. The van der Waals surface area contributed by atoms with E-state index in [1.165, 1.54) is 0 Å². The number of para-hydroxylation sites is 2. The molecule has 3 unspecified atom stereocenters. The Morgan fingerprint density at radius 2 is 1.85 bits per heavy atom. The van der Waals surface area contributed by atoms with Gasteiger partial charge in [0.1, 0.15) is 6.10 Å². The van der Waals surface area contributed by atoms with Crippen LogP contribution >= 0.6 is 0 Å². The van der Waals surface area contributed by atoms with Crippen molar-refractivity contribution in [2.45, 2.75) is 51.5 Å². The van der Waals surface area contributed by atoms with E-state index in [1.807, 2.05) is 12.1 Å². The minimum absolute atomic E-state index is 0.294. The van der Waals surface area contributed by atoms with Crippen molar-refractivity contribution in [1.29, 1.82) is 0 Å². The second kappa shape index (κ2) is 5.32. The molecular formula is C15H21NO4. The molecule has 110 valence electrons. The van der Waals surface area contributed by atoms with E-state index in [4.69, 9.17) is 9.47 Å². The van der Waals surface area contributed by atoms with Gasteiger partial charge in [-0.15, -0.1) is 0 Å². The number of fused-ring (bicyclic) bond motifs is 1. The highest BCUT2D eigenvalue weighted by Crippen LogP contribution is 2.33. The number of nitrogens with one attached hydrogen (secondary N) is 1. The second-order valence-corrected chi connectivity index (χ2v) is 5.70. The highest BCUT2D eigenvalue weighted by molar-refractivity contribution is 5.83. The van der Waals surface area contributed by atoms with E-state index >= 15 is 0 Å². The molecular weight excluding hydrogens is 258 g/mol. The van der Waals surface area contributed by atoms with Gasteiger partial charge in [0, 0.05) is 0 Å². The topological polar surface area (TPSA) is 67.8 Å². The van der Waals surface area contributed by atoms with Crippen molar-refractivity contribution in [3.8, 4) is 11.5 Å². The Labute approximate surface area is 118 Å². The van der Waals surface area contributed by atoms with Crippen molar-refractivity contribution in [3.63, 3.8) is 0 Å². The smallest absolute Gasteiger partial charge is 0.265 e. The number of benzene rings is 1. The summed E-state index contributed by atoms with van der Waals surface area (Å²) in [6.07, 6.45) is -1.80. The largest absolute Gasteiger partial charge is 0.482 e. The van der Waals surface area contributed by atoms with Gasteiger partial charge in [0.2, 0.25) is 6.10 Å². The summed E-state index contributed by atoms with van der Waals surface area (Å²) in [5.74, 6) is 0.900. The first-order valence-electron chi connectivity index (χ1n) is 6.73. The van der Waals surface area contributed by atoms with Crippen LogP contribution in [0.25, 0.3) is 0 Å². The van der Waals surface area contributed by atoms with Crippen LogP contribution in [-0.4, -0.2) is 34.9 Å². The molecule has 1 aliphatic rings. The van der Waals surface area contributed by atoms with E-state index in [0.717, 1.165) is 0 Å². The van der Waals surface area contributed by atoms with E-state index in [-0.39, 0.29) is 5.91 Å². The summed E-state index contributed by atoms with van der Waals surface area (Å²) in [6, 6.07) is 7.25.